The van der Waals surface area contributed by atoms with Crippen LogP contribution in [0.2, 0.25) is 0 Å². The number of carbonyl (C=O) groups excluding carboxylic acids is 2. The van der Waals surface area contributed by atoms with Crippen LogP contribution in [0.3, 0.4) is 0 Å². The Hall–Kier alpha value is -1.68. The fraction of sp³-hybridized carbons (Fsp3) is 0.273. The van der Waals surface area contributed by atoms with E-state index < -0.39 is 6.23 Å². The van der Waals surface area contributed by atoms with Crippen molar-refractivity contribution in [1.29, 1.82) is 0 Å². The van der Waals surface area contributed by atoms with Gasteiger partial charge in [-0.05, 0) is 0 Å². The summed E-state index contributed by atoms with van der Waals surface area (Å²) in [5.74, 6) is -0.555. The largest absolute Gasteiger partial charge is 0.373 e. The molecule has 0 spiro atoms. The van der Waals surface area contributed by atoms with Crippen LogP contribution in [0.1, 0.15) is 23.7 Å². The van der Waals surface area contributed by atoms with Crippen LogP contribution in [-0.4, -0.2) is 23.0 Å². The predicted octanol–water partition coefficient (Wildman–Crippen LogP) is 0.714. The second-order valence-electron chi connectivity index (χ2n) is 3.21. The molecule has 1 rings (SSSR count). The molecule has 4 nitrogen and oxygen atoms in total. The van der Waals surface area contributed by atoms with Crippen LogP contribution < -0.4 is 5.32 Å². The van der Waals surface area contributed by atoms with Crippen LogP contribution >= 0.6 is 0 Å². The first kappa shape index (κ1) is 11.4. The molecule has 0 radical (unpaired) electrons. The van der Waals surface area contributed by atoms with Gasteiger partial charge in [0.2, 0.25) is 5.91 Å². The monoisotopic (exact) mass is 207 g/mol. The minimum absolute atomic E-state index is 0.108. The lowest BCUT2D eigenvalue weighted by atomic mass is 10.1. The van der Waals surface area contributed by atoms with Gasteiger partial charge in [-0.2, -0.15) is 0 Å². The lowest BCUT2D eigenvalue weighted by Crippen LogP contribution is -2.34. The van der Waals surface area contributed by atoms with Gasteiger partial charge in [-0.1, -0.05) is 30.3 Å². The maximum Gasteiger partial charge on any atom is 0.218 e. The standard InChI is InChI=1S/C11H13NO3/c1-8(13)12-11(15)7-10(14)9-5-3-2-4-6-9/h2-6,11,15H,7H2,1H3,(H,12,13). The number of Topliss-reactive ketones (excluding diaryl/α,β-unsaturated/α-hetero) is 1. The van der Waals surface area contributed by atoms with E-state index in [-0.39, 0.29) is 18.1 Å². The van der Waals surface area contributed by atoms with E-state index in [0.717, 1.165) is 0 Å². The minimum atomic E-state index is -1.12. The molecular weight excluding hydrogens is 194 g/mol. The number of aliphatic hydroxyl groups is 1. The molecule has 1 aromatic rings. The molecule has 0 fully saturated rings. The van der Waals surface area contributed by atoms with Crippen molar-refractivity contribution in [3.8, 4) is 0 Å². The molecule has 15 heavy (non-hydrogen) atoms. The highest BCUT2D eigenvalue weighted by molar-refractivity contribution is 5.96. The van der Waals surface area contributed by atoms with Gasteiger partial charge in [0.25, 0.3) is 0 Å². The molecular formula is C11H13NO3. The van der Waals surface area contributed by atoms with Gasteiger partial charge in [-0.3, -0.25) is 9.59 Å². The Balaban J connectivity index is 2.53. The molecule has 2 N–H and O–H groups in total. The second kappa shape index (κ2) is 5.26. The number of aliphatic hydroxyl groups excluding tert-OH is 1. The van der Waals surface area contributed by atoms with E-state index in [9.17, 15) is 14.7 Å². The summed E-state index contributed by atoms with van der Waals surface area (Å²) >= 11 is 0. The highest BCUT2D eigenvalue weighted by atomic mass is 16.3. The number of hydrogen-bond donors (Lipinski definition) is 2. The second-order valence-corrected chi connectivity index (χ2v) is 3.21. The Bertz CT molecular complexity index is 348. The zero-order valence-corrected chi connectivity index (χ0v) is 8.43. The van der Waals surface area contributed by atoms with Crippen molar-refractivity contribution in [2.75, 3.05) is 0 Å². The molecule has 1 amide bonds. The lowest BCUT2D eigenvalue weighted by Gasteiger charge is -2.09. The van der Waals surface area contributed by atoms with Gasteiger partial charge in [0, 0.05) is 12.5 Å². The van der Waals surface area contributed by atoms with E-state index in [0.29, 0.717) is 5.56 Å². The number of hydrogen-bond acceptors (Lipinski definition) is 3. The van der Waals surface area contributed by atoms with Crippen LogP contribution in [0.4, 0.5) is 0 Å². The fourth-order valence-electron chi connectivity index (χ4n) is 1.20. The SMILES string of the molecule is CC(=O)NC(O)CC(=O)c1ccccc1. The lowest BCUT2D eigenvalue weighted by molar-refractivity contribution is -0.121. The summed E-state index contributed by atoms with van der Waals surface area (Å²) in [5.41, 5.74) is 0.530. The van der Waals surface area contributed by atoms with Crippen LogP contribution in [0, 0.1) is 0 Å². The molecule has 1 aromatic carbocycles. The van der Waals surface area contributed by atoms with Crippen molar-refractivity contribution in [2.45, 2.75) is 19.6 Å². The molecule has 1 unspecified atom stereocenters. The summed E-state index contributed by atoms with van der Waals surface area (Å²) in [6, 6.07) is 8.64. The first-order valence-electron chi connectivity index (χ1n) is 4.63. The van der Waals surface area contributed by atoms with E-state index in [4.69, 9.17) is 0 Å². The van der Waals surface area contributed by atoms with E-state index in [1.54, 1.807) is 30.3 Å². The van der Waals surface area contributed by atoms with Crippen LogP contribution in [0.25, 0.3) is 0 Å². The summed E-state index contributed by atoms with van der Waals surface area (Å²) in [6.07, 6.45) is -1.22. The van der Waals surface area contributed by atoms with Crippen LogP contribution in [0.5, 0.6) is 0 Å². The van der Waals surface area contributed by atoms with Crippen molar-refractivity contribution in [1.82, 2.24) is 5.32 Å². The van der Waals surface area contributed by atoms with E-state index >= 15 is 0 Å². The van der Waals surface area contributed by atoms with Gasteiger partial charge >= 0.3 is 0 Å². The Morgan fingerprint density at radius 3 is 2.47 bits per heavy atom. The average molecular weight is 207 g/mol. The molecule has 80 valence electrons. The zero-order valence-electron chi connectivity index (χ0n) is 8.43. The molecule has 0 aliphatic carbocycles. The van der Waals surface area contributed by atoms with Gasteiger partial charge in [0.05, 0.1) is 6.42 Å². The normalized spacial score (nSPS) is 11.9. The molecule has 1 atom stereocenters. The minimum Gasteiger partial charge on any atom is -0.373 e. The average Bonchev–Trinajstić information content (AvgIpc) is 2.17. The zero-order chi connectivity index (χ0) is 11.3. The quantitative estimate of drug-likeness (QED) is 0.564. The first-order valence-corrected chi connectivity index (χ1v) is 4.63. The summed E-state index contributed by atoms with van der Waals surface area (Å²) in [6.45, 7) is 1.29. The fourth-order valence-corrected chi connectivity index (χ4v) is 1.20. The summed E-state index contributed by atoms with van der Waals surface area (Å²) < 4.78 is 0. The van der Waals surface area contributed by atoms with Crippen molar-refractivity contribution >= 4 is 11.7 Å². The van der Waals surface area contributed by atoms with E-state index in [2.05, 4.69) is 5.32 Å². The summed E-state index contributed by atoms with van der Waals surface area (Å²) in [7, 11) is 0. The van der Waals surface area contributed by atoms with Gasteiger partial charge in [0.15, 0.2) is 5.78 Å². The number of amides is 1. The maximum atomic E-state index is 11.5. The van der Waals surface area contributed by atoms with Crippen molar-refractivity contribution in [2.24, 2.45) is 0 Å². The summed E-state index contributed by atoms with van der Waals surface area (Å²) in [4.78, 5) is 22.1. The molecule has 0 aliphatic rings. The highest BCUT2D eigenvalue weighted by Crippen LogP contribution is 2.04. The van der Waals surface area contributed by atoms with E-state index in [1.165, 1.54) is 6.92 Å². The van der Waals surface area contributed by atoms with Gasteiger partial charge in [-0.15, -0.1) is 0 Å². The molecule has 0 saturated carbocycles. The Morgan fingerprint density at radius 2 is 1.93 bits per heavy atom. The van der Waals surface area contributed by atoms with Gasteiger partial charge in [0.1, 0.15) is 6.23 Å². The number of benzene rings is 1. The van der Waals surface area contributed by atoms with Crippen LogP contribution in [0.15, 0.2) is 30.3 Å². The predicted molar refractivity (Wildman–Crippen MR) is 55.2 cm³/mol. The molecule has 0 bridgehead atoms. The summed E-state index contributed by atoms with van der Waals surface area (Å²) in [5, 5.41) is 11.5. The molecule has 0 aliphatic heterocycles. The number of carbonyl (C=O) groups is 2. The van der Waals surface area contributed by atoms with Crippen molar-refractivity contribution in [3.05, 3.63) is 35.9 Å². The third-order valence-electron chi connectivity index (χ3n) is 1.84. The third kappa shape index (κ3) is 3.91. The van der Waals surface area contributed by atoms with Crippen LogP contribution in [-0.2, 0) is 4.79 Å². The highest BCUT2D eigenvalue weighted by Gasteiger charge is 2.12. The number of ketones is 1. The molecule has 0 saturated heterocycles. The van der Waals surface area contributed by atoms with E-state index in [1.807, 2.05) is 0 Å². The number of nitrogens with one attached hydrogen (secondary N) is 1. The van der Waals surface area contributed by atoms with Crippen molar-refractivity contribution < 1.29 is 14.7 Å². The maximum absolute atomic E-state index is 11.5. The van der Waals surface area contributed by atoms with Gasteiger partial charge in [-0.25, -0.2) is 0 Å². The van der Waals surface area contributed by atoms with Gasteiger partial charge < -0.3 is 10.4 Å². The topological polar surface area (TPSA) is 66.4 Å². The van der Waals surface area contributed by atoms with Crippen molar-refractivity contribution in [3.63, 3.8) is 0 Å². The third-order valence-corrected chi connectivity index (χ3v) is 1.84. The Kier molecular flexibility index (Phi) is 4.00. The molecule has 4 heteroatoms. The Morgan fingerprint density at radius 1 is 1.33 bits per heavy atom. The smallest absolute Gasteiger partial charge is 0.218 e. The molecule has 0 heterocycles. The number of rotatable bonds is 4. The first-order chi connectivity index (χ1) is 7.09. The Labute approximate surface area is 87.9 Å². The molecule has 0 aromatic heterocycles.